The molecule has 0 bridgehead atoms. The molecule has 3 aromatic heterocycles. The van der Waals surface area contributed by atoms with Gasteiger partial charge in [0.1, 0.15) is 5.52 Å². The molecule has 4 heterocycles. The number of fused-ring (bicyclic) bond motifs is 1. The molecule has 142 valence electrons. The van der Waals surface area contributed by atoms with E-state index in [4.69, 9.17) is 14.5 Å². The minimum absolute atomic E-state index is 0. The van der Waals surface area contributed by atoms with Crippen LogP contribution in [-0.4, -0.2) is 50.1 Å². The topological polar surface area (TPSA) is 111 Å². The minimum atomic E-state index is 0. The van der Waals surface area contributed by atoms with Gasteiger partial charge in [0.25, 0.3) is 0 Å². The van der Waals surface area contributed by atoms with Crippen LogP contribution in [0.15, 0.2) is 18.3 Å². The molecule has 0 spiro atoms. The van der Waals surface area contributed by atoms with E-state index in [2.05, 4.69) is 24.6 Å². The van der Waals surface area contributed by atoms with E-state index >= 15 is 0 Å². The standard InChI is InChI=1S/C17H22N6O2.H2O.H2/c1-11-13(4-5-15(19-11)24-3)20-17-18-10-14-16(21-17)23(22(14)2)12-6-8-25-9-7-12;;/h4-5,10,12H,6-9H2,1-3H3,(H,18,20,21);1H2;1H. The van der Waals surface area contributed by atoms with Crippen molar-refractivity contribution < 1.29 is 16.4 Å². The molecule has 9 heteroatoms. The Bertz CT molecular complexity index is 904. The lowest BCUT2D eigenvalue weighted by Gasteiger charge is -2.32. The van der Waals surface area contributed by atoms with Gasteiger partial charge in [-0.15, -0.1) is 0 Å². The Balaban J connectivity index is 0.00000131. The van der Waals surface area contributed by atoms with Crippen molar-refractivity contribution in [3.05, 3.63) is 24.0 Å². The lowest BCUT2D eigenvalue weighted by atomic mass is 10.1. The van der Waals surface area contributed by atoms with Gasteiger partial charge in [-0.3, -0.25) is 9.36 Å². The molecule has 0 saturated carbocycles. The van der Waals surface area contributed by atoms with Crippen molar-refractivity contribution in [2.75, 3.05) is 25.6 Å². The average Bonchev–Trinajstić information content (AvgIpc) is 2.64. The van der Waals surface area contributed by atoms with Crippen LogP contribution < -0.4 is 10.1 Å². The van der Waals surface area contributed by atoms with E-state index in [1.807, 2.05) is 32.3 Å². The predicted molar refractivity (Wildman–Crippen MR) is 100 cm³/mol. The third-order valence-electron chi connectivity index (χ3n) is 4.69. The van der Waals surface area contributed by atoms with Gasteiger partial charge < -0.3 is 20.3 Å². The van der Waals surface area contributed by atoms with Crippen LogP contribution in [-0.2, 0) is 11.8 Å². The van der Waals surface area contributed by atoms with Gasteiger partial charge in [0, 0.05) is 27.8 Å². The maximum absolute atomic E-state index is 5.47. The molecule has 1 aliphatic rings. The van der Waals surface area contributed by atoms with E-state index < -0.39 is 0 Å². The Kier molecular flexibility index (Phi) is 5.10. The highest BCUT2D eigenvalue weighted by atomic mass is 16.5. The molecule has 26 heavy (non-hydrogen) atoms. The van der Waals surface area contributed by atoms with Crippen LogP contribution in [0.2, 0.25) is 0 Å². The number of nitrogens with zero attached hydrogens (tertiary/aromatic N) is 5. The number of aryl methyl sites for hydroxylation is 2. The van der Waals surface area contributed by atoms with E-state index in [1.54, 1.807) is 7.11 Å². The van der Waals surface area contributed by atoms with Gasteiger partial charge in [-0.05, 0) is 25.8 Å². The van der Waals surface area contributed by atoms with E-state index in [9.17, 15) is 0 Å². The molecule has 1 saturated heterocycles. The fourth-order valence-corrected chi connectivity index (χ4v) is 3.29. The van der Waals surface area contributed by atoms with E-state index in [-0.39, 0.29) is 6.90 Å². The zero-order valence-electron chi connectivity index (χ0n) is 15.2. The second kappa shape index (κ2) is 7.30. The van der Waals surface area contributed by atoms with Crippen molar-refractivity contribution >= 4 is 22.8 Å². The van der Waals surface area contributed by atoms with Gasteiger partial charge in [0.05, 0.1) is 30.7 Å². The number of nitrogens with one attached hydrogen (secondary N) is 1. The van der Waals surface area contributed by atoms with Crippen LogP contribution in [0.5, 0.6) is 5.88 Å². The van der Waals surface area contributed by atoms with Gasteiger partial charge in [0.15, 0.2) is 5.65 Å². The first-order valence-corrected chi connectivity index (χ1v) is 8.43. The molecule has 1 aliphatic heterocycles. The fourth-order valence-electron chi connectivity index (χ4n) is 3.29. The fraction of sp³-hybridized carbons (Fsp3) is 0.471. The Morgan fingerprint density at radius 3 is 2.73 bits per heavy atom. The van der Waals surface area contributed by atoms with Gasteiger partial charge in [-0.2, -0.15) is 4.98 Å². The minimum Gasteiger partial charge on any atom is -0.481 e. The smallest absolute Gasteiger partial charge is 0.229 e. The number of hydrogen-bond donors (Lipinski definition) is 1. The SMILES string of the molecule is COc1ccc(Nc2ncc3c(n2)n(C2CCOCC2)n3C)c(C)n1.O.[HH]. The molecule has 0 amide bonds. The summed E-state index contributed by atoms with van der Waals surface area (Å²) in [5.41, 5.74) is 3.71. The normalized spacial score (nSPS) is 15.0. The van der Waals surface area contributed by atoms with Gasteiger partial charge >= 0.3 is 0 Å². The molecule has 0 aromatic carbocycles. The Hall–Kier alpha value is -2.65. The number of anilines is 2. The van der Waals surface area contributed by atoms with E-state index in [1.165, 1.54) is 0 Å². The number of rotatable bonds is 4. The quantitative estimate of drug-likeness (QED) is 0.760. The lowest BCUT2D eigenvalue weighted by molar-refractivity contribution is 0.0631. The molecule has 9 nitrogen and oxygen atoms in total. The second-order valence-electron chi connectivity index (χ2n) is 6.23. The van der Waals surface area contributed by atoms with Crippen molar-refractivity contribution in [2.24, 2.45) is 7.05 Å². The summed E-state index contributed by atoms with van der Waals surface area (Å²) in [6.07, 6.45) is 3.88. The van der Waals surface area contributed by atoms with Crippen molar-refractivity contribution in [3.63, 3.8) is 0 Å². The number of aromatic nitrogens is 5. The molecular formula is C17H26N6O3. The molecule has 4 rings (SSSR count). The monoisotopic (exact) mass is 362 g/mol. The summed E-state index contributed by atoms with van der Waals surface area (Å²) in [5.74, 6) is 1.16. The maximum Gasteiger partial charge on any atom is 0.229 e. The summed E-state index contributed by atoms with van der Waals surface area (Å²) in [5, 5.41) is 3.25. The van der Waals surface area contributed by atoms with Gasteiger partial charge in [-0.25, -0.2) is 9.97 Å². The molecule has 0 unspecified atom stereocenters. The number of methoxy groups -OCH3 is 1. The number of pyridine rings is 1. The van der Waals surface area contributed by atoms with Crippen molar-refractivity contribution in [2.45, 2.75) is 25.8 Å². The summed E-state index contributed by atoms with van der Waals surface area (Å²) in [6.45, 7) is 3.53. The molecule has 3 N–H and O–H groups in total. The third kappa shape index (κ3) is 3.11. The predicted octanol–water partition coefficient (Wildman–Crippen LogP) is 2.00. The zero-order valence-corrected chi connectivity index (χ0v) is 15.2. The molecular weight excluding hydrogens is 336 g/mol. The van der Waals surface area contributed by atoms with Crippen LogP contribution in [0.4, 0.5) is 11.6 Å². The van der Waals surface area contributed by atoms with Crippen molar-refractivity contribution in [1.29, 1.82) is 0 Å². The van der Waals surface area contributed by atoms with Crippen molar-refractivity contribution in [1.82, 2.24) is 24.3 Å². The van der Waals surface area contributed by atoms with Crippen LogP contribution >= 0.6 is 0 Å². The van der Waals surface area contributed by atoms with Gasteiger partial charge in [-0.1, -0.05) is 0 Å². The van der Waals surface area contributed by atoms with Crippen molar-refractivity contribution in [3.8, 4) is 5.88 Å². The van der Waals surface area contributed by atoms with E-state index in [0.717, 1.165) is 48.6 Å². The molecule has 1 fully saturated rings. The van der Waals surface area contributed by atoms with Gasteiger partial charge in [0.2, 0.25) is 11.8 Å². The van der Waals surface area contributed by atoms with Crippen LogP contribution in [0, 0.1) is 6.92 Å². The van der Waals surface area contributed by atoms with E-state index in [0.29, 0.717) is 17.9 Å². The first-order chi connectivity index (χ1) is 12.2. The maximum atomic E-state index is 5.47. The molecule has 0 radical (unpaired) electrons. The second-order valence-corrected chi connectivity index (χ2v) is 6.23. The highest BCUT2D eigenvalue weighted by Crippen LogP contribution is 2.29. The average molecular weight is 362 g/mol. The lowest BCUT2D eigenvalue weighted by Crippen LogP contribution is -2.30. The summed E-state index contributed by atoms with van der Waals surface area (Å²) >= 11 is 0. The molecule has 0 aliphatic carbocycles. The Morgan fingerprint density at radius 2 is 2.04 bits per heavy atom. The summed E-state index contributed by atoms with van der Waals surface area (Å²) < 4.78 is 15.0. The highest BCUT2D eigenvalue weighted by Gasteiger charge is 2.23. The van der Waals surface area contributed by atoms with Crippen LogP contribution in [0.1, 0.15) is 26.0 Å². The number of ether oxygens (including phenoxy) is 2. The van der Waals surface area contributed by atoms with Crippen LogP contribution in [0.3, 0.4) is 0 Å². The summed E-state index contributed by atoms with van der Waals surface area (Å²) in [7, 11) is 3.65. The summed E-state index contributed by atoms with van der Waals surface area (Å²) in [4.78, 5) is 13.5. The van der Waals surface area contributed by atoms with Crippen LogP contribution in [0.25, 0.3) is 11.2 Å². The number of hydrogen-bond acceptors (Lipinski definition) is 6. The largest absolute Gasteiger partial charge is 0.481 e. The first-order valence-electron chi connectivity index (χ1n) is 8.43. The molecule has 3 aromatic rings. The highest BCUT2D eigenvalue weighted by molar-refractivity contribution is 5.75. The third-order valence-corrected chi connectivity index (χ3v) is 4.69. The Labute approximate surface area is 152 Å². The zero-order chi connectivity index (χ0) is 17.4. The Morgan fingerprint density at radius 1 is 1.27 bits per heavy atom. The first kappa shape index (κ1) is 18.2. The summed E-state index contributed by atoms with van der Waals surface area (Å²) in [6, 6.07) is 4.17. The molecule has 0 atom stereocenters.